The molecule has 0 spiro atoms. The van der Waals surface area contributed by atoms with Crippen LogP contribution in [0.15, 0.2) is 18.2 Å². The molecule has 1 N–H and O–H groups in total. The first kappa shape index (κ1) is 14.6. The van der Waals surface area contributed by atoms with Crippen LogP contribution in [0.3, 0.4) is 0 Å². The lowest BCUT2D eigenvalue weighted by Gasteiger charge is -2.18. The number of hydrogen-bond donors (Lipinski definition) is 1. The molecular weight excluding hydrogens is 233 g/mol. The Balaban J connectivity index is 0.00000196. The van der Waals surface area contributed by atoms with Crippen molar-refractivity contribution in [2.75, 3.05) is 13.1 Å². The fourth-order valence-corrected chi connectivity index (χ4v) is 1.56. The molecule has 1 aromatic carbocycles. The van der Waals surface area contributed by atoms with Crippen LogP contribution in [0, 0.1) is 0 Å². The molecule has 0 bridgehead atoms. The number of benzene rings is 1. The van der Waals surface area contributed by atoms with E-state index in [1.165, 1.54) is 0 Å². The van der Waals surface area contributed by atoms with Gasteiger partial charge in [0.25, 0.3) is 0 Å². The van der Waals surface area contributed by atoms with Gasteiger partial charge < -0.3 is 5.11 Å². The minimum atomic E-state index is 0. The third kappa shape index (κ3) is 4.29. The summed E-state index contributed by atoms with van der Waals surface area (Å²) >= 11 is 5.86. The van der Waals surface area contributed by atoms with Crippen molar-refractivity contribution in [3.05, 3.63) is 28.8 Å². The molecule has 4 heteroatoms. The Morgan fingerprint density at radius 3 is 2.40 bits per heavy atom. The maximum absolute atomic E-state index is 9.59. The molecule has 0 fully saturated rings. The molecule has 0 amide bonds. The van der Waals surface area contributed by atoms with Crippen LogP contribution in [0.25, 0.3) is 0 Å². The van der Waals surface area contributed by atoms with Crippen molar-refractivity contribution in [3.8, 4) is 5.75 Å². The van der Waals surface area contributed by atoms with Crippen molar-refractivity contribution in [2.45, 2.75) is 20.4 Å². The normalized spacial score (nSPS) is 10.1. The van der Waals surface area contributed by atoms with Crippen LogP contribution in [0.4, 0.5) is 0 Å². The molecule has 0 aliphatic carbocycles. The summed E-state index contributed by atoms with van der Waals surface area (Å²) in [6, 6.07) is 5.15. The summed E-state index contributed by atoms with van der Waals surface area (Å²) in [7, 11) is 0. The predicted molar refractivity (Wildman–Crippen MR) is 67.0 cm³/mol. The Morgan fingerprint density at radius 2 is 1.87 bits per heavy atom. The van der Waals surface area contributed by atoms with E-state index >= 15 is 0 Å². The van der Waals surface area contributed by atoms with Crippen LogP contribution in [0.2, 0.25) is 5.02 Å². The maximum atomic E-state index is 9.59. The lowest BCUT2D eigenvalue weighted by molar-refractivity contribution is 0.291. The molecule has 1 aromatic rings. The van der Waals surface area contributed by atoms with E-state index in [1.807, 2.05) is 6.07 Å². The van der Waals surface area contributed by atoms with Crippen molar-refractivity contribution in [1.82, 2.24) is 4.90 Å². The van der Waals surface area contributed by atoms with Gasteiger partial charge in [-0.05, 0) is 31.3 Å². The molecule has 0 saturated carbocycles. The summed E-state index contributed by atoms with van der Waals surface area (Å²) in [6.45, 7) is 6.90. The molecule has 0 atom stereocenters. The van der Waals surface area contributed by atoms with Gasteiger partial charge in [-0.15, -0.1) is 12.4 Å². The van der Waals surface area contributed by atoms with Gasteiger partial charge in [-0.25, -0.2) is 0 Å². The van der Waals surface area contributed by atoms with E-state index < -0.39 is 0 Å². The predicted octanol–water partition coefficient (Wildman–Crippen LogP) is 3.31. The average molecular weight is 250 g/mol. The third-order valence-electron chi connectivity index (χ3n) is 2.33. The summed E-state index contributed by atoms with van der Waals surface area (Å²) < 4.78 is 0. The first-order valence-electron chi connectivity index (χ1n) is 4.87. The Kier molecular flexibility index (Phi) is 6.73. The van der Waals surface area contributed by atoms with Gasteiger partial charge in [0.1, 0.15) is 5.75 Å². The monoisotopic (exact) mass is 249 g/mol. The highest BCUT2D eigenvalue weighted by molar-refractivity contribution is 6.30. The van der Waals surface area contributed by atoms with Crippen molar-refractivity contribution < 1.29 is 5.11 Å². The highest BCUT2D eigenvalue weighted by atomic mass is 35.5. The van der Waals surface area contributed by atoms with Crippen LogP contribution in [0.5, 0.6) is 5.75 Å². The Bertz CT molecular complexity index is 301. The van der Waals surface area contributed by atoms with Gasteiger partial charge in [0.05, 0.1) is 0 Å². The van der Waals surface area contributed by atoms with E-state index in [2.05, 4.69) is 18.7 Å². The molecule has 15 heavy (non-hydrogen) atoms. The quantitative estimate of drug-likeness (QED) is 0.886. The van der Waals surface area contributed by atoms with Gasteiger partial charge in [-0.1, -0.05) is 25.4 Å². The van der Waals surface area contributed by atoms with E-state index in [9.17, 15) is 5.11 Å². The number of phenols is 1. The maximum Gasteiger partial charge on any atom is 0.120 e. The molecule has 86 valence electrons. The summed E-state index contributed by atoms with van der Waals surface area (Å²) in [5.74, 6) is 0.321. The van der Waals surface area contributed by atoms with Gasteiger partial charge >= 0.3 is 0 Å². The molecule has 2 nitrogen and oxygen atoms in total. The van der Waals surface area contributed by atoms with Gasteiger partial charge in [0.15, 0.2) is 0 Å². The molecule has 0 unspecified atom stereocenters. The average Bonchev–Trinajstić information content (AvgIpc) is 2.19. The van der Waals surface area contributed by atoms with Crippen LogP contribution in [-0.2, 0) is 6.54 Å². The summed E-state index contributed by atoms with van der Waals surface area (Å²) in [5.41, 5.74) is 0.890. The van der Waals surface area contributed by atoms with E-state index in [0.29, 0.717) is 10.8 Å². The van der Waals surface area contributed by atoms with Gasteiger partial charge in [-0.3, -0.25) is 4.90 Å². The zero-order valence-electron chi connectivity index (χ0n) is 9.03. The number of aromatic hydroxyl groups is 1. The first-order valence-corrected chi connectivity index (χ1v) is 5.25. The minimum absolute atomic E-state index is 0. The van der Waals surface area contributed by atoms with Gasteiger partial charge in [-0.2, -0.15) is 0 Å². The summed E-state index contributed by atoms with van der Waals surface area (Å²) in [5, 5.41) is 10.3. The van der Waals surface area contributed by atoms with Gasteiger partial charge in [0.2, 0.25) is 0 Å². The number of hydrogen-bond acceptors (Lipinski definition) is 2. The second-order valence-corrected chi connectivity index (χ2v) is 3.67. The van der Waals surface area contributed by atoms with Crippen molar-refractivity contribution >= 4 is 24.0 Å². The number of phenolic OH excluding ortho intramolecular Hbond substituents is 1. The molecule has 0 heterocycles. The fourth-order valence-electron chi connectivity index (χ4n) is 1.37. The number of halogens is 2. The zero-order valence-corrected chi connectivity index (χ0v) is 10.6. The first-order chi connectivity index (χ1) is 6.67. The highest BCUT2D eigenvalue weighted by Gasteiger charge is 2.06. The van der Waals surface area contributed by atoms with Crippen LogP contribution < -0.4 is 0 Å². The van der Waals surface area contributed by atoms with Gasteiger partial charge in [0, 0.05) is 17.1 Å². The second kappa shape index (κ2) is 6.94. The number of rotatable bonds is 4. The smallest absolute Gasteiger partial charge is 0.120 e. The number of nitrogens with zero attached hydrogens (tertiary/aromatic N) is 1. The Labute approximate surface area is 102 Å². The molecule has 0 saturated heterocycles. The zero-order chi connectivity index (χ0) is 10.6. The van der Waals surface area contributed by atoms with Crippen LogP contribution in [0.1, 0.15) is 19.4 Å². The van der Waals surface area contributed by atoms with Crippen molar-refractivity contribution in [3.63, 3.8) is 0 Å². The van der Waals surface area contributed by atoms with E-state index in [-0.39, 0.29) is 12.4 Å². The van der Waals surface area contributed by atoms with Crippen LogP contribution in [-0.4, -0.2) is 23.1 Å². The molecule has 1 rings (SSSR count). The van der Waals surface area contributed by atoms with E-state index in [0.717, 1.165) is 25.2 Å². The fraction of sp³-hybridized carbons (Fsp3) is 0.455. The Morgan fingerprint density at radius 1 is 1.27 bits per heavy atom. The lowest BCUT2D eigenvalue weighted by Crippen LogP contribution is -2.22. The Hall–Kier alpha value is -0.440. The van der Waals surface area contributed by atoms with E-state index in [4.69, 9.17) is 11.6 Å². The lowest BCUT2D eigenvalue weighted by atomic mass is 10.2. The minimum Gasteiger partial charge on any atom is -0.508 e. The highest BCUT2D eigenvalue weighted by Crippen LogP contribution is 2.22. The molecular formula is C11H17Cl2NO. The molecule has 0 aliphatic rings. The summed E-state index contributed by atoms with van der Waals surface area (Å²) in [4.78, 5) is 2.23. The molecule has 0 aromatic heterocycles. The second-order valence-electron chi connectivity index (χ2n) is 3.23. The largest absolute Gasteiger partial charge is 0.508 e. The van der Waals surface area contributed by atoms with Crippen molar-refractivity contribution in [1.29, 1.82) is 0 Å². The SMILES string of the molecule is CCN(CC)Cc1cc(Cl)ccc1O.Cl. The summed E-state index contributed by atoms with van der Waals surface area (Å²) in [6.07, 6.45) is 0. The standard InChI is InChI=1S/C11H16ClNO.ClH/c1-3-13(4-2)8-9-7-10(12)5-6-11(9)14;/h5-7,14H,3-4,8H2,1-2H3;1H. The topological polar surface area (TPSA) is 23.5 Å². The van der Waals surface area contributed by atoms with E-state index in [1.54, 1.807) is 12.1 Å². The van der Waals surface area contributed by atoms with Crippen LogP contribution >= 0.6 is 24.0 Å². The van der Waals surface area contributed by atoms with Crippen molar-refractivity contribution in [2.24, 2.45) is 0 Å². The molecule has 0 aliphatic heterocycles. The third-order valence-corrected chi connectivity index (χ3v) is 2.57. The molecule has 0 radical (unpaired) electrons.